The molecule has 14 heavy (non-hydrogen) atoms. The van der Waals surface area contributed by atoms with Gasteiger partial charge in [-0.25, -0.2) is 5.06 Å². The van der Waals surface area contributed by atoms with Gasteiger partial charge in [0.1, 0.15) is 0 Å². The summed E-state index contributed by atoms with van der Waals surface area (Å²) < 4.78 is 10.3. The van der Waals surface area contributed by atoms with Crippen molar-refractivity contribution in [3.8, 4) is 0 Å². The van der Waals surface area contributed by atoms with Crippen LogP contribution in [0.4, 0.5) is 5.88 Å². The predicted molar refractivity (Wildman–Crippen MR) is 49.7 cm³/mol. The summed E-state index contributed by atoms with van der Waals surface area (Å²) in [4.78, 5) is 11.4. The third kappa shape index (κ3) is 1.18. The van der Waals surface area contributed by atoms with Gasteiger partial charge in [-0.3, -0.25) is 10.0 Å². The van der Waals surface area contributed by atoms with Gasteiger partial charge < -0.3 is 8.83 Å². The van der Waals surface area contributed by atoms with E-state index in [2.05, 4.69) is 0 Å². The molecule has 5 heteroatoms. The van der Waals surface area contributed by atoms with Gasteiger partial charge in [-0.2, -0.15) is 0 Å². The molecular formula is C9H9NO4. The zero-order valence-electron chi connectivity index (χ0n) is 7.77. The number of fused-ring (bicyclic) bond motifs is 1. The van der Waals surface area contributed by atoms with Crippen LogP contribution < -0.4 is 10.5 Å². The molecule has 0 unspecified atom stereocenters. The van der Waals surface area contributed by atoms with Crippen LogP contribution in [0.2, 0.25) is 0 Å². The molecule has 0 aliphatic heterocycles. The molecule has 0 radical (unpaired) electrons. The van der Waals surface area contributed by atoms with Crippen LogP contribution >= 0.6 is 0 Å². The fourth-order valence-corrected chi connectivity index (χ4v) is 1.20. The molecule has 2 aromatic rings. The predicted octanol–water partition coefficient (Wildman–Crippen LogP) is 1.52. The summed E-state index contributed by atoms with van der Waals surface area (Å²) in [6.07, 6.45) is 1.44. The van der Waals surface area contributed by atoms with Gasteiger partial charge >= 0.3 is 0 Å². The maximum atomic E-state index is 11.4. The lowest BCUT2D eigenvalue weighted by molar-refractivity contribution is 0.258. The average Bonchev–Trinajstić information content (AvgIpc) is 2.48. The summed E-state index contributed by atoms with van der Waals surface area (Å²) in [5.41, 5.74) is 0.956. The molecule has 5 nitrogen and oxygen atoms in total. The number of aryl methyl sites for hydroxylation is 1. The first kappa shape index (κ1) is 8.83. The number of hydroxylamine groups is 1. The van der Waals surface area contributed by atoms with Crippen LogP contribution in [0.25, 0.3) is 11.2 Å². The van der Waals surface area contributed by atoms with E-state index in [0.29, 0.717) is 5.58 Å². The summed E-state index contributed by atoms with van der Waals surface area (Å²) in [5.74, 6) is 0.0898. The number of rotatable bonds is 1. The fraction of sp³-hybridized carbons (Fsp3) is 0.222. The van der Waals surface area contributed by atoms with Crippen molar-refractivity contribution in [1.82, 2.24) is 0 Å². The van der Waals surface area contributed by atoms with Crippen LogP contribution in [0, 0.1) is 6.92 Å². The SMILES string of the molecule is Cc1coc2c(=O)cc(N(C)O)oc12. The van der Waals surface area contributed by atoms with Gasteiger partial charge in [-0.15, -0.1) is 0 Å². The Labute approximate surface area is 79.1 Å². The molecule has 0 amide bonds. The van der Waals surface area contributed by atoms with Crippen LogP contribution in [0.15, 0.2) is 26.0 Å². The number of hydrogen-bond acceptors (Lipinski definition) is 5. The summed E-state index contributed by atoms with van der Waals surface area (Å²) in [6.45, 7) is 1.76. The molecule has 2 rings (SSSR count). The Hall–Kier alpha value is -1.75. The van der Waals surface area contributed by atoms with Crippen molar-refractivity contribution in [3.05, 3.63) is 28.1 Å². The van der Waals surface area contributed by atoms with Crippen molar-refractivity contribution in [2.75, 3.05) is 12.1 Å². The minimum absolute atomic E-state index is 0.0898. The average molecular weight is 195 g/mol. The fourth-order valence-electron chi connectivity index (χ4n) is 1.20. The van der Waals surface area contributed by atoms with Gasteiger partial charge in [0.25, 0.3) is 0 Å². The van der Waals surface area contributed by atoms with E-state index in [1.165, 1.54) is 19.4 Å². The minimum Gasteiger partial charge on any atom is -0.456 e. The van der Waals surface area contributed by atoms with E-state index < -0.39 is 0 Å². The smallest absolute Gasteiger partial charge is 0.230 e. The van der Waals surface area contributed by atoms with Crippen molar-refractivity contribution in [1.29, 1.82) is 0 Å². The van der Waals surface area contributed by atoms with E-state index in [1.54, 1.807) is 6.92 Å². The van der Waals surface area contributed by atoms with E-state index in [4.69, 9.17) is 14.0 Å². The first-order chi connectivity index (χ1) is 6.59. The highest BCUT2D eigenvalue weighted by Gasteiger charge is 2.11. The van der Waals surface area contributed by atoms with E-state index in [0.717, 1.165) is 10.6 Å². The Bertz CT molecular complexity index is 523. The first-order valence-electron chi connectivity index (χ1n) is 4.04. The number of nitrogens with zero attached hydrogens (tertiary/aromatic N) is 1. The van der Waals surface area contributed by atoms with Gasteiger partial charge in [0.05, 0.1) is 12.3 Å². The second-order valence-corrected chi connectivity index (χ2v) is 3.05. The molecule has 0 atom stereocenters. The summed E-state index contributed by atoms with van der Waals surface area (Å²) in [6, 6.07) is 1.17. The molecule has 0 saturated heterocycles. The summed E-state index contributed by atoms with van der Waals surface area (Å²) in [7, 11) is 1.37. The van der Waals surface area contributed by atoms with Crippen molar-refractivity contribution in [2.45, 2.75) is 6.92 Å². The van der Waals surface area contributed by atoms with Gasteiger partial charge in [0.2, 0.25) is 16.9 Å². The van der Waals surface area contributed by atoms with Crippen molar-refractivity contribution < 1.29 is 14.0 Å². The Kier molecular flexibility index (Phi) is 1.82. The van der Waals surface area contributed by atoms with Crippen molar-refractivity contribution in [3.63, 3.8) is 0 Å². The van der Waals surface area contributed by atoms with Crippen LogP contribution in [0.3, 0.4) is 0 Å². The molecule has 2 aromatic heterocycles. The number of furan rings is 1. The Balaban J connectivity index is 2.82. The molecule has 0 aromatic carbocycles. The van der Waals surface area contributed by atoms with Crippen molar-refractivity contribution >= 4 is 17.1 Å². The van der Waals surface area contributed by atoms with Crippen LogP contribution in [-0.2, 0) is 0 Å². The van der Waals surface area contributed by atoms with E-state index in [1.807, 2.05) is 0 Å². The molecule has 2 heterocycles. The van der Waals surface area contributed by atoms with Gasteiger partial charge in [0.15, 0.2) is 5.58 Å². The monoisotopic (exact) mass is 195 g/mol. The molecule has 0 saturated carbocycles. The van der Waals surface area contributed by atoms with Gasteiger partial charge in [0, 0.05) is 12.6 Å². The minimum atomic E-state index is -0.310. The summed E-state index contributed by atoms with van der Waals surface area (Å²) in [5, 5.41) is 9.85. The topological polar surface area (TPSA) is 66.8 Å². The van der Waals surface area contributed by atoms with Gasteiger partial charge in [-0.05, 0) is 6.92 Å². The molecule has 0 fully saturated rings. The van der Waals surface area contributed by atoms with Crippen LogP contribution in [0.5, 0.6) is 0 Å². The lowest BCUT2D eigenvalue weighted by atomic mass is 10.3. The quantitative estimate of drug-likeness (QED) is 0.699. The Morgan fingerprint density at radius 1 is 1.43 bits per heavy atom. The molecule has 0 aliphatic carbocycles. The zero-order valence-corrected chi connectivity index (χ0v) is 7.77. The highest BCUT2D eigenvalue weighted by Crippen LogP contribution is 2.21. The number of hydrogen-bond donors (Lipinski definition) is 1. The van der Waals surface area contributed by atoms with E-state index in [-0.39, 0.29) is 16.9 Å². The summed E-state index contributed by atoms with van der Waals surface area (Å²) >= 11 is 0. The van der Waals surface area contributed by atoms with Gasteiger partial charge in [-0.1, -0.05) is 0 Å². The first-order valence-corrected chi connectivity index (χ1v) is 4.04. The largest absolute Gasteiger partial charge is 0.456 e. The third-order valence-electron chi connectivity index (χ3n) is 1.92. The zero-order chi connectivity index (χ0) is 10.3. The van der Waals surface area contributed by atoms with E-state index >= 15 is 0 Å². The maximum absolute atomic E-state index is 11.4. The lowest BCUT2D eigenvalue weighted by Gasteiger charge is -2.07. The highest BCUT2D eigenvalue weighted by molar-refractivity contribution is 5.74. The molecule has 0 bridgehead atoms. The molecule has 0 aliphatic rings. The molecule has 0 spiro atoms. The number of anilines is 1. The lowest BCUT2D eigenvalue weighted by Crippen LogP contribution is -2.12. The maximum Gasteiger partial charge on any atom is 0.230 e. The van der Waals surface area contributed by atoms with Crippen LogP contribution in [-0.4, -0.2) is 12.3 Å². The van der Waals surface area contributed by atoms with Crippen molar-refractivity contribution in [2.24, 2.45) is 0 Å². The second kappa shape index (κ2) is 2.88. The van der Waals surface area contributed by atoms with E-state index in [9.17, 15) is 4.79 Å². The van der Waals surface area contributed by atoms with Crippen LogP contribution in [0.1, 0.15) is 5.56 Å². The Morgan fingerprint density at radius 3 is 2.79 bits per heavy atom. The standard InChI is InChI=1S/C9H9NO4/c1-5-4-13-9-6(11)3-7(10(2)12)14-8(5)9/h3-4,12H,1-2H3. The second-order valence-electron chi connectivity index (χ2n) is 3.05. The normalized spacial score (nSPS) is 10.8. The molecule has 1 N–H and O–H groups in total. The third-order valence-corrected chi connectivity index (χ3v) is 1.92. The highest BCUT2D eigenvalue weighted by atomic mass is 16.5. The Morgan fingerprint density at radius 2 is 2.14 bits per heavy atom. The molecular weight excluding hydrogens is 186 g/mol. The molecule has 74 valence electrons.